The molecule has 156 valence electrons. The van der Waals surface area contributed by atoms with Crippen molar-refractivity contribution in [3.8, 4) is 5.69 Å². The summed E-state index contributed by atoms with van der Waals surface area (Å²) in [6.45, 7) is 3.92. The van der Waals surface area contributed by atoms with E-state index in [4.69, 9.17) is 16.3 Å². The fourth-order valence-corrected chi connectivity index (χ4v) is 5.43. The number of rotatable bonds is 6. The number of nitrogens with zero attached hydrogens (tertiary/aromatic N) is 2. The van der Waals surface area contributed by atoms with Gasteiger partial charge in [-0.15, -0.1) is 0 Å². The van der Waals surface area contributed by atoms with Crippen molar-refractivity contribution in [2.45, 2.75) is 42.9 Å². The van der Waals surface area contributed by atoms with Crippen LogP contribution in [0.3, 0.4) is 0 Å². The molecule has 0 atom stereocenters. The van der Waals surface area contributed by atoms with Crippen LogP contribution >= 0.6 is 11.6 Å². The normalized spacial score (nSPS) is 15.0. The maximum atomic E-state index is 13.0. The van der Waals surface area contributed by atoms with Crippen molar-refractivity contribution in [2.75, 3.05) is 0 Å². The summed E-state index contributed by atoms with van der Waals surface area (Å²) in [5.41, 5.74) is 3.63. The molecule has 2 aromatic carbocycles. The van der Waals surface area contributed by atoms with Crippen molar-refractivity contribution in [2.24, 2.45) is 0 Å². The Kier molecular flexibility index (Phi) is 5.20. The van der Waals surface area contributed by atoms with Crippen LogP contribution in [0.15, 0.2) is 59.5 Å². The third-order valence-electron chi connectivity index (χ3n) is 5.27. The highest BCUT2D eigenvalue weighted by atomic mass is 35.5. The lowest BCUT2D eigenvalue weighted by molar-refractivity contribution is -0.145. The molecule has 1 saturated carbocycles. The van der Waals surface area contributed by atoms with E-state index in [0.717, 1.165) is 22.6 Å². The highest BCUT2D eigenvalue weighted by Gasteiger charge is 2.62. The molecule has 4 rings (SSSR count). The van der Waals surface area contributed by atoms with Crippen LogP contribution in [-0.4, -0.2) is 28.9 Å². The number of carbonyl (C=O) groups excluding carboxylic acids is 1. The highest BCUT2D eigenvalue weighted by Crippen LogP contribution is 2.48. The van der Waals surface area contributed by atoms with Crippen LogP contribution in [0.2, 0.25) is 5.02 Å². The highest BCUT2D eigenvalue weighted by molar-refractivity contribution is 7.94. The Bertz CT molecular complexity index is 1190. The lowest BCUT2D eigenvalue weighted by atomic mass is 10.2. The number of sulfone groups is 1. The van der Waals surface area contributed by atoms with Crippen LogP contribution in [0.25, 0.3) is 5.69 Å². The summed E-state index contributed by atoms with van der Waals surface area (Å²) in [6, 6.07) is 15.3. The van der Waals surface area contributed by atoms with E-state index in [2.05, 4.69) is 5.10 Å². The summed E-state index contributed by atoms with van der Waals surface area (Å²) in [6.07, 6.45) is 0.515. The molecule has 0 N–H and O–H groups in total. The van der Waals surface area contributed by atoms with E-state index in [1.165, 1.54) is 24.3 Å². The lowest BCUT2D eigenvalue weighted by Crippen LogP contribution is -2.34. The van der Waals surface area contributed by atoms with Gasteiger partial charge in [0.2, 0.25) is 0 Å². The molecule has 0 radical (unpaired) electrons. The minimum atomic E-state index is -3.84. The first-order chi connectivity index (χ1) is 14.2. The Hall–Kier alpha value is -2.64. The Balaban J connectivity index is 1.45. The number of esters is 1. The Morgan fingerprint density at radius 1 is 1.10 bits per heavy atom. The maximum absolute atomic E-state index is 13.0. The minimum Gasteiger partial charge on any atom is -0.460 e. The molecular formula is C22H21ClN2O4S. The zero-order valence-corrected chi connectivity index (χ0v) is 18.2. The molecule has 1 fully saturated rings. The van der Waals surface area contributed by atoms with Crippen molar-refractivity contribution >= 4 is 27.4 Å². The molecule has 30 heavy (non-hydrogen) atoms. The molecule has 1 aliphatic rings. The van der Waals surface area contributed by atoms with E-state index in [0.29, 0.717) is 5.02 Å². The first kappa shape index (κ1) is 20.6. The molecule has 3 aromatic rings. The monoisotopic (exact) mass is 444 g/mol. The number of aryl methyl sites for hydroxylation is 2. The average Bonchev–Trinajstić information content (AvgIpc) is 3.47. The molecule has 0 spiro atoms. The summed E-state index contributed by atoms with van der Waals surface area (Å²) in [5, 5.41) is 4.88. The van der Waals surface area contributed by atoms with Crippen molar-refractivity contribution in [1.29, 1.82) is 0 Å². The Morgan fingerprint density at radius 3 is 2.27 bits per heavy atom. The molecular weight excluding hydrogens is 424 g/mol. The minimum absolute atomic E-state index is 0.00805. The summed E-state index contributed by atoms with van der Waals surface area (Å²) in [5.74, 6) is -0.708. The van der Waals surface area contributed by atoms with Crippen LogP contribution in [-0.2, 0) is 26.0 Å². The van der Waals surface area contributed by atoms with E-state index < -0.39 is 20.6 Å². The largest absolute Gasteiger partial charge is 0.460 e. The number of aromatic nitrogens is 2. The second-order valence-electron chi connectivity index (χ2n) is 7.53. The molecule has 1 aliphatic carbocycles. The number of benzene rings is 2. The van der Waals surface area contributed by atoms with Gasteiger partial charge in [0.25, 0.3) is 0 Å². The third-order valence-corrected chi connectivity index (χ3v) is 8.02. The van der Waals surface area contributed by atoms with Gasteiger partial charge >= 0.3 is 5.97 Å². The summed E-state index contributed by atoms with van der Waals surface area (Å²) < 4.78 is 31.7. The van der Waals surface area contributed by atoms with Crippen LogP contribution in [0.1, 0.15) is 29.8 Å². The fraction of sp³-hybridized carbons (Fsp3) is 0.273. The van der Waals surface area contributed by atoms with Crippen LogP contribution in [0, 0.1) is 13.8 Å². The van der Waals surface area contributed by atoms with Gasteiger partial charge in [0.15, 0.2) is 14.6 Å². The Labute approximate surface area is 180 Å². The molecule has 1 aromatic heterocycles. The predicted molar refractivity (Wildman–Crippen MR) is 113 cm³/mol. The van der Waals surface area contributed by atoms with Crippen molar-refractivity contribution in [1.82, 2.24) is 9.78 Å². The molecule has 6 nitrogen and oxygen atoms in total. The van der Waals surface area contributed by atoms with Crippen molar-refractivity contribution in [3.63, 3.8) is 0 Å². The van der Waals surface area contributed by atoms with E-state index in [-0.39, 0.29) is 24.3 Å². The van der Waals surface area contributed by atoms with Gasteiger partial charge < -0.3 is 4.74 Å². The standard InChI is InChI=1S/C22H21ClN2O4S/c1-15-13-16(2)25(24-15)19-7-3-17(4-8-19)14-29-21(26)22(11-12-22)30(27,28)20-9-5-18(23)6-10-20/h3-10,13H,11-12,14H2,1-2H3. The molecule has 0 bridgehead atoms. The van der Waals surface area contributed by atoms with Gasteiger partial charge in [0, 0.05) is 10.7 Å². The SMILES string of the molecule is Cc1cc(C)n(-c2ccc(COC(=O)C3(S(=O)(=O)c4ccc(Cl)cc4)CC3)cc2)n1. The van der Waals surface area contributed by atoms with E-state index in [1.54, 1.807) is 0 Å². The topological polar surface area (TPSA) is 78.3 Å². The zero-order valence-electron chi connectivity index (χ0n) is 16.6. The molecule has 0 unspecified atom stereocenters. The molecule has 0 aliphatic heterocycles. The van der Waals surface area contributed by atoms with Gasteiger partial charge in [-0.25, -0.2) is 13.1 Å². The second kappa shape index (κ2) is 7.56. The summed E-state index contributed by atoms with van der Waals surface area (Å²) in [4.78, 5) is 12.8. The first-order valence-corrected chi connectivity index (χ1v) is 11.4. The number of hydrogen-bond acceptors (Lipinski definition) is 5. The van der Waals surface area contributed by atoms with Gasteiger partial charge in [-0.2, -0.15) is 5.10 Å². The lowest BCUT2D eigenvalue weighted by Gasteiger charge is -2.16. The van der Waals surface area contributed by atoms with Gasteiger partial charge in [0.05, 0.1) is 16.3 Å². The number of halogens is 1. The molecule has 8 heteroatoms. The van der Waals surface area contributed by atoms with Crippen LogP contribution < -0.4 is 0 Å². The average molecular weight is 445 g/mol. The molecule has 0 saturated heterocycles. The van der Waals surface area contributed by atoms with E-state index >= 15 is 0 Å². The van der Waals surface area contributed by atoms with Crippen molar-refractivity contribution in [3.05, 3.63) is 76.6 Å². The summed E-state index contributed by atoms with van der Waals surface area (Å²) in [7, 11) is -3.84. The molecule has 1 heterocycles. The quantitative estimate of drug-likeness (QED) is 0.532. The first-order valence-electron chi connectivity index (χ1n) is 9.53. The number of ether oxygens (including phenoxy) is 1. The zero-order chi connectivity index (χ0) is 21.5. The van der Waals surface area contributed by atoms with Gasteiger partial charge in [-0.3, -0.25) is 4.79 Å². The molecule has 0 amide bonds. The maximum Gasteiger partial charge on any atom is 0.328 e. The smallest absolute Gasteiger partial charge is 0.328 e. The van der Waals surface area contributed by atoms with Gasteiger partial charge in [-0.05, 0) is 74.7 Å². The number of hydrogen-bond donors (Lipinski definition) is 0. The Morgan fingerprint density at radius 2 is 1.73 bits per heavy atom. The second-order valence-corrected chi connectivity index (χ2v) is 10.2. The van der Waals surface area contributed by atoms with Crippen molar-refractivity contribution < 1.29 is 17.9 Å². The predicted octanol–water partition coefficient (Wildman–Crippen LogP) is 4.19. The summed E-state index contributed by atoms with van der Waals surface area (Å²) >= 11 is 5.84. The van der Waals surface area contributed by atoms with Crippen LogP contribution in [0.5, 0.6) is 0 Å². The van der Waals surface area contributed by atoms with Gasteiger partial charge in [0.1, 0.15) is 6.61 Å². The van der Waals surface area contributed by atoms with Gasteiger partial charge in [-0.1, -0.05) is 23.7 Å². The van der Waals surface area contributed by atoms with Crippen LogP contribution in [0.4, 0.5) is 0 Å². The number of carbonyl (C=O) groups is 1. The van der Waals surface area contributed by atoms with E-state index in [9.17, 15) is 13.2 Å². The van der Waals surface area contributed by atoms with E-state index in [1.807, 2.05) is 48.9 Å². The third kappa shape index (κ3) is 3.63. The fourth-order valence-electron chi connectivity index (χ4n) is 3.44.